The molecule has 0 spiro atoms. The first-order valence-corrected chi connectivity index (χ1v) is 9.59. The number of nitrogens with zero attached hydrogens (tertiary/aromatic N) is 2. The molecule has 1 aromatic heterocycles. The predicted molar refractivity (Wildman–Crippen MR) is 114 cm³/mol. The molecule has 2 heterocycles. The summed E-state index contributed by atoms with van der Waals surface area (Å²) < 4.78 is 11.8. The number of carbonyl (C=O) groups is 2. The van der Waals surface area contributed by atoms with Crippen LogP contribution in [0, 0.1) is 0 Å². The molecule has 3 aromatic rings. The normalized spacial score (nSPS) is 12.8. The van der Waals surface area contributed by atoms with Crippen molar-refractivity contribution < 1.29 is 19.1 Å². The lowest BCUT2D eigenvalue weighted by molar-refractivity contribution is -0.119. The number of carbonyl (C=O) groups excluding carboxylic acids is 2. The van der Waals surface area contributed by atoms with Gasteiger partial charge >= 0.3 is 0 Å². The van der Waals surface area contributed by atoms with Gasteiger partial charge in [0.1, 0.15) is 6.04 Å². The Morgan fingerprint density at radius 2 is 1.65 bits per heavy atom. The first-order valence-electron chi connectivity index (χ1n) is 9.59. The fourth-order valence-electron chi connectivity index (χ4n) is 3.11. The molecule has 1 unspecified atom stereocenters. The molecule has 1 aliphatic heterocycles. The van der Waals surface area contributed by atoms with Crippen molar-refractivity contribution in [1.29, 1.82) is 0 Å². The summed E-state index contributed by atoms with van der Waals surface area (Å²) in [6.45, 7) is 3.17. The van der Waals surface area contributed by atoms with Crippen LogP contribution in [0.1, 0.15) is 19.9 Å². The summed E-state index contributed by atoms with van der Waals surface area (Å²) in [6, 6.07) is 14.2. The van der Waals surface area contributed by atoms with Gasteiger partial charge in [-0.25, -0.2) is 4.68 Å². The molecule has 1 atom stereocenters. The molecule has 2 aromatic carbocycles. The summed E-state index contributed by atoms with van der Waals surface area (Å²) in [5.74, 6) is 0.669. The highest BCUT2D eigenvalue weighted by Gasteiger charge is 2.19. The minimum Gasteiger partial charge on any atom is -0.454 e. The third-order valence-corrected chi connectivity index (χ3v) is 4.71. The zero-order valence-electron chi connectivity index (χ0n) is 16.9. The van der Waals surface area contributed by atoms with E-state index in [2.05, 4.69) is 15.7 Å². The molecular weight excluding hydrogens is 400 g/mol. The number of fused-ring (bicyclic) bond motifs is 1. The summed E-state index contributed by atoms with van der Waals surface area (Å²) >= 11 is 0. The summed E-state index contributed by atoms with van der Waals surface area (Å²) in [4.78, 5) is 36.2. The van der Waals surface area contributed by atoms with Gasteiger partial charge in [-0.3, -0.25) is 14.4 Å². The number of hydrogen-bond donors (Lipinski definition) is 2. The second-order valence-electron chi connectivity index (χ2n) is 6.99. The molecule has 31 heavy (non-hydrogen) atoms. The number of anilines is 2. The van der Waals surface area contributed by atoms with E-state index in [1.807, 2.05) is 6.07 Å². The van der Waals surface area contributed by atoms with Crippen molar-refractivity contribution in [3.63, 3.8) is 0 Å². The Labute approximate surface area is 177 Å². The van der Waals surface area contributed by atoms with Gasteiger partial charge in [-0.15, -0.1) is 0 Å². The Morgan fingerprint density at radius 1 is 0.968 bits per heavy atom. The Hall–Kier alpha value is -4.14. The highest BCUT2D eigenvalue weighted by atomic mass is 16.7. The van der Waals surface area contributed by atoms with Gasteiger partial charge in [0.15, 0.2) is 11.5 Å². The van der Waals surface area contributed by atoms with Gasteiger partial charge in [-0.1, -0.05) is 0 Å². The van der Waals surface area contributed by atoms with E-state index >= 15 is 0 Å². The Balaban J connectivity index is 1.53. The van der Waals surface area contributed by atoms with Crippen LogP contribution in [0.2, 0.25) is 0 Å². The van der Waals surface area contributed by atoms with Gasteiger partial charge in [0, 0.05) is 29.9 Å². The molecule has 0 saturated carbocycles. The number of amides is 2. The maximum absolute atomic E-state index is 12.7. The molecule has 0 fully saturated rings. The Morgan fingerprint density at radius 3 is 2.35 bits per heavy atom. The summed E-state index contributed by atoms with van der Waals surface area (Å²) in [7, 11) is 0. The number of rotatable bonds is 5. The zero-order chi connectivity index (χ0) is 22.0. The van der Waals surface area contributed by atoms with E-state index < -0.39 is 17.5 Å². The number of ether oxygens (including phenoxy) is 2. The van der Waals surface area contributed by atoms with Gasteiger partial charge in [-0.05, 0) is 55.5 Å². The van der Waals surface area contributed by atoms with Crippen LogP contribution in [-0.4, -0.2) is 28.4 Å². The number of aromatic nitrogens is 2. The number of benzene rings is 2. The van der Waals surface area contributed by atoms with Crippen molar-refractivity contribution in [3.05, 3.63) is 65.0 Å². The molecule has 0 radical (unpaired) electrons. The van der Waals surface area contributed by atoms with E-state index in [-0.39, 0.29) is 12.7 Å². The molecule has 0 saturated heterocycles. The van der Waals surface area contributed by atoms with Crippen LogP contribution in [0.3, 0.4) is 0 Å². The van der Waals surface area contributed by atoms with Crippen molar-refractivity contribution in [1.82, 2.24) is 9.78 Å². The first kappa shape index (κ1) is 20.1. The molecule has 2 amide bonds. The fraction of sp³-hybridized carbons (Fsp3) is 0.182. The predicted octanol–water partition coefficient (Wildman–Crippen LogP) is 2.80. The lowest BCUT2D eigenvalue weighted by Crippen LogP contribution is -2.33. The van der Waals surface area contributed by atoms with Gasteiger partial charge in [0.2, 0.25) is 18.6 Å². The number of hydrogen-bond acceptors (Lipinski definition) is 6. The van der Waals surface area contributed by atoms with Crippen LogP contribution in [0.5, 0.6) is 11.5 Å². The van der Waals surface area contributed by atoms with Gasteiger partial charge in [-0.2, -0.15) is 5.10 Å². The molecule has 0 aliphatic carbocycles. The topological polar surface area (TPSA) is 112 Å². The van der Waals surface area contributed by atoms with E-state index in [9.17, 15) is 14.4 Å². The van der Waals surface area contributed by atoms with Crippen molar-refractivity contribution in [2.45, 2.75) is 19.9 Å². The third kappa shape index (κ3) is 4.40. The number of nitrogens with one attached hydrogen (secondary N) is 2. The highest BCUT2D eigenvalue weighted by molar-refractivity contribution is 5.94. The molecule has 4 rings (SSSR count). The summed E-state index contributed by atoms with van der Waals surface area (Å²) in [5, 5.41) is 9.78. The fourth-order valence-corrected chi connectivity index (χ4v) is 3.11. The quantitative estimate of drug-likeness (QED) is 0.657. The molecule has 9 nitrogen and oxygen atoms in total. The van der Waals surface area contributed by atoms with Gasteiger partial charge < -0.3 is 20.1 Å². The van der Waals surface area contributed by atoms with Crippen LogP contribution in [0.25, 0.3) is 11.3 Å². The standard InChI is InChI=1S/C22H20N4O5/c1-13(22(29)24-17-6-4-16(5-7-17)23-14(2)27)26-21(28)10-8-18(25-26)15-3-9-19-20(11-15)31-12-30-19/h3-11,13H,12H2,1-2H3,(H,23,27)(H,24,29). The van der Waals surface area contributed by atoms with E-state index in [0.717, 1.165) is 10.2 Å². The van der Waals surface area contributed by atoms with E-state index in [1.165, 1.54) is 13.0 Å². The second kappa shape index (κ2) is 8.31. The first-order chi connectivity index (χ1) is 14.9. The summed E-state index contributed by atoms with van der Waals surface area (Å²) in [6.07, 6.45) is 0. The molecule has 9 heteroatoms. The lowest BCUT2D eigenvalue weighted by Gasteiger charge is -2.15. The minimum absolute atomic E-state index is 0.161. The van der Waals surface area contributed by atoms with E-state index in [1.54, 1.807) is 49.4 Å². The lowest BCUT2D eigenvalue weighted by atomic mass is 10.1. The van der Waals surface area contributed by atoms with Crippen molar-refractivity contribution in [3.8, 4) is 22.8 Å². The van der Waals surface area contributed by atoms with E-state index in [4.69, 9.17) is 9.47 Å². The summed E-state index contributed by atoms with van der Waals surface area (Å²) in [5.41, 5.74) is 2.02. The average molecular weight is 420 g/mol. The van der Waals surface area contributed by atoms with E-state index in [0.29, 0.717) is 28.6 Å². The molecule has 158 valence electrons. The average Bonchev–Trinajstić information content (AvgIpc) is 3.22. The van der Waals surface area contributed by atoms with Crippen LogP contribution in [0.15, 0.2) is 59.4 Å². The smallest absolute Gasteiger partial charge is 0.267 e. The second-order valence-corrected chi connectivity index (χ2v) is 6.99. The largest absolute Gasteiger partial charge is 0.454 e. The SMILES string of the molecule is CC(=O)Nc1ccc(NC(=O)C(C)n2nc(-c3ccc4c(c3)OCO4)ccc2=O)cc1. The van der Waals surface area contributed by atoms with Crippen LogP contribution >= 0.6 is 0 Å². The van der Waals surface area contributed by atoms with Crippen LogP contribution in [0.4, 0.5) is 11.4 Å². The van der Waals surface area contributed by atoms with Crippen molar-refractivity contribution in [2.24, 2.45) is 0 Å². The van der Waals surface area contributed by atoms with Crippen molar-refractivity contribution >= 4 is 23.2 Å². The molecule has 1 aliphatic rings. The Kier molecular flexibility index (Phi) is 5.40. The molecule has 2 N–H and O–H groups in total. The molecular formula is C22H20N4O5. The minimum atomic E-state index is -0.850. The van der Waals surface area contributed by atoms with Gasteiger partial charge in [0.05, 0.1) is 5.69 Å². The zero-order valence-corrected chi connectivity index (χ0v) is 16.9. The highest BCUT2D eigenvalue weighted by Crippen LogP contribution is 2.35. The van der Waals surface area contributed by atoms with Crippen LogP contribution < -0.4 is 25.7 Å². The monoisotopic (exact) mass is 420 g/mol. The Bertz CT molecular complexity index is 1200. The van der Waals surface area contributed by atoms with Gasteiger partial charge in [0.25, 0.3) is 5.56 Å². The maximum Gasteiger partial charge on any atom is 0.267 e. The van der Waals surface area contributed by atoms with Crippen molar-refractivity contribution in [2.75, 3.05) is 17.4 Å². The maximum atomic E-state index is 12.7. The van der Waals surface area contributed by atoms with Crippen LogP contribution in [-0.2, 0) is 9.59 Å². The third-order valence-electron chi connectivity index (χ3n) is 4.71. The molecule has 0 bridgehead atoms.